The minimum Gasteiger partial charge on any atom is -0.317 e. The molecule has 0 atom stereocenters. The van der Waals surface area contributed by atoms with Gasteiger partial charge in [0.25, 0.3) is 17.5 Å². The van der Waals surface area contributed by atoms with E-state index in [1.807, 2.05) is 13.0 Å². The Morgan fingerprint density at radius 1 is 1.00 bits per heavy atom. The first-order chi connectivity index (χ1) is 13.9. The van der Waals surface area contributed by atoms with Crippen molar-refractivity contribution < 1.29 is 14.5 Å². The van der Waals surface area contributed by atoms with Gasteiger partial charge < -0.3 is 4.57 Å². The maximum absolute atomic E-state index is 12.8. The number of nitrogens with zero attached hydrogens (tertiary/aromatic N) is 3. The van der Waals surface area contributed by atoms with Crippen molar-refractivity contribution in [3.8, 4) is 5.69 Å². The first-order valence-corrected chi connectivity index (χ1v) is 8.80. The first-order valence-electron chi connectivity index (χ1n) is 8.80. The summed E-state index contributed by atoms with van der Waals surface area (Å²) in [6.07, 6.45) is 3.19. The van der Waals surface area contributed by atoms with Crippen LogP contribution in [0.15, 0.2) is 72.4 Å². The van der Waals surface area contributed by atoms with Crippen molar-refractivity contribution in [3.05, 3.63) is 93.8 Å². The normalized spacial score (nSPS) is 15.1. The quantitative estimate of drug-likeness (QED) is 0.321. The predicted molar refractivity (Wildman–Crippen MR) is 107 cm³/mol. The zero-order valence-electron chi connectivity index (χ0n) is 15.4. The van der Waals surface area contributed by atoms with Crippen LogP contribution in [0.3, 0.4) is 0 Å². The summed E-state index contributed by atoms with van der Waals surface area (Å²) >= 11 is 0. The zero-order valence-corrected chi connectivity index (χ0v) is 15.4. The number of anilines is 1. The van der Waals surface area contributed by atoms with Gasteiger partial charge in [-0.25, -0.2) is 5.01 Å². The van der Waals surface area contributed by atoms with Crippen molar-refractivity contribution in [2.24, 2.45) is 0 Å². The van der Waals surface area contributed by atoms with Gasteiger partial charge in [-0.05, 0) is 48.9 Å². The molecule has 0 saturated carbocycles. The summed E-state index contributed by atoms with van der Waals surface area (Å²) in [5, 5.41) is 12.3. The second-order valence-electron chi connectivity index (χ2n) is 6.56. The van der Waals surface area contributed by atoms with Gasteiger partial charge in [-0.15, -0.1) is 0 Å². The molecule has 1 saturated heterocycles. The lowest BCUT2D eigenvalue weighted by Gasteiger charge is -2.14. The number of hydrazine groups is 1. The van der Waals surface area contributed by atoms with Gasteiger partial charge in [0.1, 0.15) is 5.57 Å². The van der Waals surface area contributed by atoms with Crippen LogP contribution in [0.4, 0.5) is 11.4 Å². The number of nitro groups is 1. The Hall–Kier alpha value is -4.20. The second kappa shape index (κ2) is 7.08. The van der Waals surface area contributed by atoms with Gasteiger partial charge in [-0.3, -0.25) is 25.1 Å². The van der Waals surface area contributed by atoms with Crippen LogP contribution < -0.4 is 10.4 Å². The molecule has 0 bridgehead atoms. The number of nitrogens with one attached hydrogen (secondary N) is 1. The average Bonchev–Trinajstić information content (AvgIpc) is 3.28. The molecule has 0 unspecified atom stereocenters. The minimum atomic E-state index is -0.511. The molecule has 29 heavy (non-hydrogen) atoms. The van der Waals surface area contributed by atoms with E-state index in [2.05, 4.69) is 5.43 Å². The van der Waals surface area contributed by atoms with Crippen LogP contribution in [0.5, 0.6) is 0 Å². The Labute approximate surface area is 165 Å². The van der Waals surface area contributed by atoms with Gasteiger partial charge in [0.05, 0.1) is 16.3 Å². The molecule has 1 aliphatic heterocycles. The summed E-state index contributed by atoms with van der Waals surface area (Å²) in [5.74, 6) is -0.976. The molecule has 4 rings (SSSR count). The molecule has 1 fully saturated rings. The van der Waals surface area contributed by atoms with Crippen molar-refractivity contribution in [3.63, 3.8) is 0 Å². The molecule has 2 heterocycles. The fourth-order valence-corrected chi connectivity index (χ4v) is 3.16. The van der Waals surface area contributed by atoms with E-state index in [9.17, 15) is 19.7 Å². The number of non-ortho nitro benzene ring substituents is 1. The van der Waals surface area contributed by atoms with Crippen LogP contribution in [0.2, 0.25) is 0 Å². The Bertz CT molecular complexity index is 1180. The van der Waals surface area contributed by atoms with E-state index in [4.69, 9.17) is 0 Å². The van der Waals surface area contributed by atoms with Crippen LogP contribution in [0, 0.1) is 17.0 Å². The molecule has 2 amide bonds. The fourth-order valence-electron chi connectivity index (χ4n) is 3.16. The summed E-state index contributed by atoms with van der Waals surface area (Å²) in [7, 11) is 0. The van der Waals surface area contributed by atoms with E-state index < -0.39 is 16.7 Å². The molecule has 0 radical (unpaired) electrons. The molecule has 8 heteroatoms. The molecule has 8 nitrogen and oxygen atoms in total. The van der Waals surface area contributed by atoms with E-state index >= 15 is 0 Å². The standard InChI is InChI=1S/C21H16N4O4/c1-14-5-2-7-17(11-14)24-21(27)19(20(26)22-24)13-16-9-4-10-23(16)15-6-3-8-18(12-15)25(28)29/h2-13H,1H3,(H,22,26)/b19-13-. The molecule has 1 N–H and O–H groups in total. The summed E-state index contributed by atoms with van der Waals surface area (Å²) in [6.45, 7) is 1.90. The van der Waals surface area contributed by atoms with Crippen molar-refractivity contribution in [1.29, 1.82) is 0 Å². The highest BCUT2D eigenvalue weighted by Crippen LogP contribution is 2.24. The number of rotatable bonds is 4. The van der Waals surface area contributed by atoms with Crippen LogP contribution >= 0.6 is 0 Å². The third-order valence-electron chi connectivity index (χ3n) is 4.54. The number of aryl methyl sites for hydroxylation is 1. The molecule has 1 aromatic heterocycles. The van der Waals surface area contributed by atoms with Gasteiger partial charge in [-0.1, -0.05) is 18.2 Å². The van der Waals surface area contributed by atoms with Crippen molar-refractivity contribution in [2.75, 3.05) is 5.01 Å². The Balaban J connectivity index is 1.70. The molecular formula is C21H16N4O4. The van der Waals surface area contributed by atoms with Crippen molar-refractivity contribution >= 4 is 29.3 Å². The van der Waals surface area contributed by atoms with Crippen molar-refractivity contribution in [2.45, 2.75) is 6.92 Å². The number of hydrogen-bond acceptors (Lipinski definition) is 4. The fraction of sp³-hybridized carbons (Fsp3) is 0.0476. The maximum Gasteiger partial charge on any atom is 0.282 e. The third-order valence-corrected chi connectivity index (χ3v) is 4.54. The average molecular weight is 388 g/mol. The molecule has 0 aliphatic carbocycles. The molecular weight excluding hydrogens is 372 g/mol. The number of carbonyl (C=O) groups excluding carboxylic acids is 2. The number of carbonyl (C=O) groups is 2. The zero-order chi connectivity index (χ0) is 20.5. The third kappa shape index (κ3) is 3.39. The topological polar surface area (TPSA) is 97.5 Å². The SMILES string of the molecule is Cc1cccc(N2NC(=O)/C(=C/c3cccn3-c3cccc([N+](=O)[O-])c3)C2=O)c1. The molecule has 2 aromatic carbocycles. The van der Waals surface area contributed by atoms with Gasteiger partial charge in [0.2, 0.25) is 0 Å². The monoisotopic (exact) mass is 388 g/mol. The number of benzene rings is 2. The van der Waals surface area contributed by atoms with Gasteiger partial charge in [0, 0.05) is 24.0 Å². The summed E-state index contributed by atoms with van der Waals surface area (Å²) < 4.78 is 1.68. The lowest BCUT2D eigenvalue weighted by molar-refractivity contribution is -0.384. The van der Waals surface area contributed by atoms with E-state index in [-0.39, 0.29) is 11.3 Å². The van der Waals surface area contributed by atoms with Gasteiger partial charge >= 0.3 is 0 Å². The summed E-state index contributed by atoms with van der Waals surface area (Å²) in [6, 6.07) is 16.8. The summed E-state index contributed by atoms with van der Waals surface area (Å²) in [4.78, 5) is 35.8. The van der Waals surface area contributed by atoms with Crippen LogP contribution in [-0.2, 0) is 9.59 Å². The minimum absolute atomic E-state index is 0.0168. The molecule has 144 valence electrons. The van der Waals surface area contributed by atoms with Crippen LogP contribution in [-0.4, -0.2) is 21.3 Å². The van der Waals surface area contributed by atoms with E-state index in [1.165, 1.54) is 23.2 Å². The Morgan fingerprint density at radius 3 is 2.52 bits per heavy atom. The molecule has 3 aromatic rings. The summed E-state index contributed by atoms with van der Waals surface area (Å²) in [5.41, 5.74) is 5.14. The lowest BCUT2D eigenvalue weighted by Crippen LogP contribution is -2.35. The second-order valence-corrected chi connectivity index (χ2v) is 6.56. The first kappa shape index (κ1) is 18.2. The molecule has 1 aliphatic rings. The van der Waals surface area contributed by atoms with E-state index in [0.717, 1.165) is 5.56 Å². The highest BCUT2D eigenvalue weighted by atomic mass is 16.6. The smallest absolute Gasteiger partial charge is 0.282 e. The van der Waals surface area contributed by atoms with Gasteiger partial charge in [0.15, 0.2) is 0 Å². The predicted octanol–water partition coefficient (Wildman–Crippen LogP) is 3.16. The largest absolute Gasteiger partial charge is 0.317 e. The van der Waals surface area contributed by atoms with Gasteiger partial charge in [-0.2, -0.15) is 0 Å². The highest BCUT2D eigenvalue weighted by molar-refractivity contribution is 6.31. The van der Waals surface area contributed by atoms with E-state index in [0.29, 0.717) is 17.1 Å². The van der Waals surface area contributed by atoms with Crippen LogP contribution in [0.1, 0.15) is 11.3 Å². The molecule has 0 spiro atoms. The highest BCUT2D eigenvalue weighted by Gasteiger charge is 2.34. The lowest BCUT2D eigenvalue weighted by atomic mass is 10.2. The Morgan fingerprint density at radius 2 is 1.76 bits per heavy atom. The number of nitro benzene ring substituents is 1. The Kier molecular flexibility index (Phi) is 4.44. The maximum atomic E-state index is 12.8. The number of aromatic nitrogens is 1. The number of amides is 2. The van der Waals surface area contributed by atoms with E-state index in [1.54, 1.807) is 53.2 Å². The van der Waals surface area contributed by atoms with Crippen molar-refractivity contribution in [1.82, 2.24) is 9.99 Å². The number of hydrogen-bond donors (Lipinski definition) is 1. The van der Waals surface area contributed by atoms with Crippen LogP contribution in [0.25, 0.3) is 11.8 Å².